The summed E-state index contributed by atoms with van der Waals surface area (Å²) >= 11 is 0. The van der Waals surface area contributed by atoms with E-state index in [2.05, 4.69) is 72.8 Å². The van der Waals surface area contributed by atoms with E-state index in [1.54, 1.807) is 65.7 Å². The molecule has 0 aliphatic heterocycles. The number of hydrogen-bond donors (Lipinski definition) is 0. The molecule has 4 aromatic carbocycles. The van der Waals surface area contributed by atoms with E-state index in [9.17, 15) is 0 Å². The van der Waals surface area contributed by atoms with Crippen LogP contribution < -0.4 is 21.2 Å². The smallest absolute Gasteiger partial charge is 0.0548 e. The Kier molecular flexibility index (Phi) is 5.23. The molecule has 1 heteroatoms. The highest BCUT2D eigenvalue weighted by molar-refractivity contribution is 8.01. The molecule has 8 rings (SSSR count). The van der Waals surface area contributed by atoms with Crippen molar-refractivity contribution in [1.82, 2.24) is 0 Å². The highest BCUT2D eigenvalue weighted by atomic mass is 31.2. The Hall–Kier alpha value is -2.69. The largest absolute Gasteiger partial charge is 0.144 e. The summed E-state index contributed by atoms with van der Waals surface area (Å²) in [5.41, 5.74) is 12.7. The molecule has 0 saturated carbocycles. The molecule has 0 atom stereocenters. The van der Waals surface area contributed by atoms with Crippen LogP contribution >= 0.6 is 7.26 Å². The van der Waals surface area contributed by atoms with Crippen LogP contribution in [0, 0.1) is 0 Å². The Labute approximate surface area is 222 Å². The summed E-state index contributed by atoms with van der Waals surface area (Å²) in [6.45, 7) is 0. The summed E-state index contributed by atoms with van der Waals surface area (Å²) in [5.74, 6) is 0. The summed E-state index contributed by atoms with van der Waals surface area (Å²) in [5, 5.41) is 6.29. The molecule has 0 amide bonds. The first kappa shape index (κ1) is 22.3. The maximum Gasteiger partial charge on any atom is 0.144 e. The van der Waals surface area contributed by atoms with E-state index in [-0.39, 0.29) is 0 Å². The molecule has 4 aliphatic rings. The molecule has 37 heavy (non-hydrogen) atoms. The molecule has 184 valence electrons. The van der Waals surface area contributed by atoms with Gasteiger partial charge in [-0.3, -0.25) is 0 Å². The number of rotatable bonds is 4. The van der Waals surface area contributed by atoms with Crippen molar-refractivity contribution in [2.45, 2.75) is 77.0 Å². The third-order valence-corrected chi connectivity index (χ3v) is 14.1. The van der Waals surface area contributed by atoms with Gasteiger partial charge in [0.1, 0.15) is 28.5 Å². The number of benzene rings is 4. The average Bonchev–Trinajstić information content (AvgIpc) is 3.74. The third kappa shape index (κ3) is 3.45. The molecule has 0 radical (unpaired) electrons. The molecule has 4 aromatic rings. The maximum absolute atomic E-state index is 2.64. The van der Waals surface area contributed by atoms with Gasteiger partial charge in [-0.15, -0.1) is 0 Å². The number of aryl methyl sites for hydroxylation is 8. The molecule has 0 spiro atoms. The predicted molar refractivity (Wildman–Crippen MR) is 159 cm³/mol. The van der Waals surface area contributed by atoms with Gasteiger partial charge < -0.3 is 0 Å². The van der Waals surface area contributed by atoms with Gasteiger partial charge in [0, 0.05) is 0 Å². The highest BCUT2D eigenvalue weighted by Crippen LogP contribution is 2.56. The van der Waals surface area contributed by atoms with Gasteiger partial charge in [-0.1, -0.05) is 24.3 Å². The summed E-state index contributed by atoms with van der Waals surface area (Å²) in [7, 11) is -2.03. The van der Waals surface area contributed by atoms with E-state index in [1.165, 1.54) is 77.0 Å². The van der Waals surface area contributed by atoms with Gasteiger partial charge in [-0.25, -0.2) is 0 Å². The zero-order valence-electron chi connectivity index (χ0n) is 21.9. The minimum atomic E-state index is -2.03. The van der Waals surface area contributed by atoms with Crippen LogP contribution in [0.4, 0.5) is 0 Å². The zero-order valence-corrected chi connectivity index (χ0v) is 22.8. The van der Waals surface area contributed by atoms with Crippen LogP contribution in [-0.2, 0) is 51.4 Å². The van der Waals surface area contributed by atoms with Gasteiger partial charge >= 0.3 is 0 Å². The SMILES string of the molecule is c1cc2c(cc1[P+](c1ccc3c(c1)CCC3)(c1ccc3c(c1)CCC3)c1ccc3c(c1)CCC3)CCC2. The van der Waals surface area contributed by atoms with Gasteiger partial charge in [0.05, 0.1) is 0 Å². The standard InChI is InChI=1S/C36H36P/c1-5-25-13-17-33(21-29(25)9-1)37(34-18-14-26-6-2-10-30(26)22-34,35-19-15-27-7-3-11-31(27)23-35)36-20-16-28-8-4-12-32(28)24-36/h13-24H,1-12H2/q+1. The lowest BCUT2D eigenvalue weighted by molar-refractivity contribution is 0.912. The van der Waals surface area contributed by atoms with Crippen LogP contribution in [0.15, 0.2) is 72.8 Å². The number of hydrogen-bond acceptors (Lipinski definition) is 0. The monoisotopic (exact) mass is 499 g/mol. The number of fused-ring (bicyclic) bond motifs is 4. The molecule has 0 fully saturated rings. The Morgan fingerprint density at radius 2 is 0.541 bits per heavy atom. The van der Waals surface area contributed by atoms with Crippen molar-refractivity contribution < 1.29 is 0 Å². The second kappa shape index (κ2) is 8.68. The molecular weight excluding hydrogens is 463 g/mol. The third-order valence-electron chi connectivity index (χ3n) is 9.88. The first-order valence-corrected chi connectivity index (χ1v) is 16.5. The predicted octanol–water partition coefficient (Wildman–Crippen LogP) is 6.26. The van der Waals surface area contributed by atoms with Gasteiger partial charge in [0.2, 0.25) is 0 Å². The van der Waals surface area contributed by atoms with Crippen LogP contribution in [-0.4, -0.2) is 0 Å². The Morgan fingerprint density at radius 3 is 0.811 bits per heavy atom. The Morgan fingerprint density at radius 1 is 0.297 bits per heavy atom. The van der Waals surface area contributed by atoms with Crippen molar-refractivity contribution in [3.63, 3.8) is 0 Å². The van der Waals surface area contributed by atoms with Gasteiger partial charge in [-0.05, 0) is 170 Å². The Balaban J connectivity index is 1.46. The Bertz CT molecular complexity index is 1310. The second-order valence-corrected chi connectivity index (χ2v) is 15.3. The van der Waals surface area contributed by atoms with Crippen LogP contribution in [0.2, 0.25) is 0 Å². The summed E-state index contributed by atoms with van der Waals surface area (Å²) < 4.78 is 0. The molecular formula is C36H36P+. The minimum Gasteiger partial charge on any atom is -0.0548 e. The molecule has 0 aromatic heterocycles. The minimum absolute atomic E-state index is 1.24. The first-order valence-electron chi connectivity index (χ1n) is 14.7. The fourth-order valence-electron chi connectivity index (χ4n) is 7.96. The molecule has 0 nitrogen and oxygen atoms in total. The van der Waals surface area contributed by atoms with E-state index in [4.69, 9.17) is 0 Å². The van der Waals surface area contributed by atoms with Crippen LogP contribution in [0.5, 0.6) is 0 Å². The van der Waals surface area contributed by atoms with Crippen molar-refractivity contribution in [1.29, 1.82) is 0 Å². The van der Waals surface area contributed by atoms with Crippen LogP contribution in [0.3, 0.4) is 0 Å². The van der Waals surface area contributed by atoms with E-state index in [0.717, 1.165) is 0 Å². The lowest BCUT2D eigenvalue weighted by atomic mass is 10.1. The van der Waals surface area contributed by atoms with Crippen molar-refractivity contribution >= 4 is 28.5 Å². The maximum atomic E-state index is 2.64. The van der Waals surface area contributed by atoms with Gasteiger partial charge in [-0.2, -0.15) is 0 Å². The van der Waals surface area contributed by atoms with E-state index < -0.39 is 7.26 Å². The summed E-state index contributed by atoms with van der Waals surface area (Å²) in [6.07, 6.45) is 15.2. The zero-order chi connectivity index (χ0) is 24.4. The van der Waals surface area contributed by atoms with Crippen molar-refractivity contribution in [2.24, 2.45) is 0 Å². The second-order valence-electron chi connectivity index (χ2n) is 11.9. The van der Waals surface area contributed by atoms with E-state index >= 15 is 0 Å². The molecule has 0 unspecified atom stereocenters. The molecule has 0 N–H and O–H groups in total. The topological polar surface area (TPSA) is 0 Å². The molecule has 0 heterocycles. The first-order chi connectivity index (χ1) is 18.3. The lowest BCUT2D eigenvalue weighted by Crippen LogP contribution is -2.39. The van der Waals surface area contributed by atoms with Crippen LogP contribution in [0.25, 0.3) is 0 Å². The van der Waals surface area contributed by atoms with Crippen molar-refractivity contribution in [3.05, 3.63) is 117 Å². The molecule has 0 saturated heterocycles. The van der Waals surface area contributed by atoms with Crippen molar-refractivity contribution in [3.8, 4) is 0 Å². The average molecular weight is 500 g/mol. The lowest BCUT2D eigenvalue weighted by Gasteiger charge is -2.29. The quantitative estimate of drug-likeness (QED) is 0.291. The highest BCUT2D eigenvalue weighted by Gasteiger charge is 2.49. The molecule has 4 aliphatic carbocycles. The molecule has 0 bridgehead atoms. The van der Waals surface area contributed by atoms with E-state index in [0.29, 0.717) is 0 Å². The van der Waals surface area contributed by atoms with Gasteiger partial charge in [0.15, 0.2) is 0 Å². The van der Waals surface area contributed by atoms with Crippen LogP contribution in [0.1, 0.15) is 70.2 Å². The fourth-order valence-corrected chi connectivity index (χ4v) is 12.3. The summed E-state index contributed by atoms with van der Waals surface area (Å²) in [4.78, 5) is 0. The van der Waals surface area contributed by atoms with Gasteiger partial charge in [0.25, 0.3) is 0 Å². The fraction of sp³-hybridized carbons (Fsp3) is 0.333. The van der Waals surface area contributed by atoms with E-state index in [1.807, 2.05) is 0 Å². The van der Waals surface area contributed by atoms with Crippen molar-refractivity contribution in [2.75, 3.05) is 0 Å². The normalized spacial score (nSPS) is 17.5. The summed E-state index contributed by atoms with van der Waals surface area (Å²) in [6, 6.07) is 30.7.